The van der Waals surface area contributed by atoms with Crippen molar-refractivity contribution in [3.63, 3.8) is 0 Å². The normalized spacial score (nSPS) is 11.3. The quantitative estimate of drug-likeness (QED) is 0.272. The summed E-state index contributed by atoms with van der Waals surface area (Å²) < 4.78 is 31.7. The van der Waals surface area contributed by atoms with Crippen LogP contribution in [-0.2, 0) is 6.54 Å². The molecule has 35 heavy (non-hydrogen) atoms. The summed E-state index contributed by atoms with van der Waals surface area (Å²) >= 11 is 12.2. The number of fused-ring (bicyclic) bond motifs is 1. The van der Waals surface area contributed by atoms with E-state index >= 15 is 0 Å². The lowest BCUT2D eigenvalue weighted by Gasteiger charge is -2.11. The van der Waals surface area contributed by atoms with E-state index in [1.807, 2.05) is 24.3 Å². The van der Waals surface area contributed by atoms with Crippen LogP contribution in [0.3, 0.4) is 0 Å². The first-order valence-corrected chi connectivity index (χ1v) is 11.2. The molecule has 0 saturated carbocycles. The Bertz CT molecular complexity index is 1550. The van der Waals surface area contributed by atoms with Crippen molar-refractivity contribution in [2.45, 2.75) is 13.2 Å². The van der Waals surface area contributed by atoms with Gasteiger partial charge in [-0.05, 0) is 53.1 Å². The highest BCUT2D eigenvalue weighted by atomic mass is 35.5. The van der Waals surface area contributed by atoms with Crippen molar-refractivity contribution in [3.05, 3.63) is 105 Å². The Morgan fingerprint density at radius 1 is 0.857 bits per heavy atom. The van der Waals surface area contributed by atoms with E-state index in [1.54, 1.807) is 42.6 Å². The second-order valence-electron chi connectivity index (χ2n) is 7.65. The maximum atomic E-state index is 13.1. The van der Waals surface area contributed by atoms with Crippen molar-refractivity contribution in [1.82, 2.24) is 19.4 Å². The van der Waals surface area contributed by atoms with Crippen LogP contribution in [0.4, 0.5) is 8.78 Å². The van der Waals surface area contributed by atoms with Gasteiger partial charge in [-0.15, -0.1) is 5.10 Å². The molecule has 0 fully saturated rings. The minimum absolute atomic E-state index is 0.0328. The molecule has 0 aliphatic carbocycles. The average Bonchev–Trinajstić information content (AvgIpc) is 3.16. The van der Waals surface area contributed by atoms with Gasteiger partial charge in [0.25, 0.3) is 0 Å². The molecule has 2 aromatic heterocycles. The van der Waals surface area contributed by atoms with Gasteiger partial charge in [-0.25, -0.2) is 9.48 Å². The lowest BCUT2D eigenvalue weighted by molar-refractivity contribution is -0.0498. The monoisotopic (exact) mass is 512 g/mol. The van der Waals surface area contributed by atoms with Crippen molar-refractivity contribution in [3.8, 4) is 28.0 Å². The molecule has 0 unspecified atom stereocenters. The Hall–Kier alpha value is -3.75. The lowest BCUT2D eigenvalue weighted by Crippen LogP contribution is -2.23. The summed E-state index contributed by atoms with van der Waals surface area (Å²) in [6.07, 6.45) is 1.62. The molecular weight excluding hydrogens is 497 g/mol. The van der Waals surface area contributed by atoms with Gasteiger partial charge in [0.05, 0.1) is 12.7 Å². The number of aromatic nitrogens is 4. The molecule has 0 aliphatic rings. The van der Waals surface area contributed by atoms with Gasteiger partial charge in [0, 0.05) is 21.2 Å². The molecule has 0 aliphatic heterocycles. The number of nitrogens with zero attached hydrogens (tertiary/aromatic N) is 4. The zero-order valence-electron chi connectivity index (χ0n) is 17.9. The van der Waals surface area contributed by atoms with Crippen LogP contribution in [0.2, 0.25) is 10.0 Å². The van der Waals surface area contributed by atoms with E-state index < -0.39 is 12.3 Å². The fraction of sp³-hybridized carbons (Fsp3) is 0.0800. The van der Waals surface area contributed by atoms with Crippen molar-refractivity contribution in [1.29, 1.82) is 0 Å². The fourth-order valence-corrected chi connectivity index (χ4v) is 4.01. The number of hydrogen-bond donors (Lipinski definition) is 0. The van der Waals surface area contributed by atoms with E-state index in [1.165, 1.54) is 21.3 Å². The minimum Gasteiger partial charge on any atom is -0.435 e. The molecular formula is C25H16Cl2F2N4O2. The Morgan fingerprint density at radius 2 is 1.46 bits per heavy atom. The summed E-state index contributed by atoms with van der Waals surface area (Å²) in [6, 6.07) is 20.5. The molecule has 5 rings (SSSR count). The van der Waals surface area contributed by atoms with Crippen LogP contribution in [0.1, 0.15) is 5.56 Å². The first-order valence-electron chi connectivity index (χ1n) is 10.4. The highest BCUT2D eigenvalue weighted by Crippen LogP contribution is 2.35. The molecule has 0 atom stereocenters. The molecule has 6 nitrogen and oxygen atoms in total. The summed E-state index contributed by atoms with van der Waals surface area (Å²) in [5, 5.41) is 10.1. The van der Waals surface area contributed by atoms with Crippen molar-refractivity contribution in [2.75, 3.05) is 0 Å². The molecule has 0 saturated heterocycles. The maximum Gasteiger partial charge on any atom is 0.387 e. The largest absolute Gasteiger partial charge is 0.435 e. The van der Waals surface area contributed by atoms with Crippen molar-refractivity contribution >= 4 is 28.8 Å². The zero-order chi connectivity index (χ0) is 24.5. The van der Waals surface area contributed by atoms with Gasteiger partial charge in [0.1, 0.15) is 5.75 Å². The number of hydrogen-bond acceptors (Lipinski definition) is 4. The van der Waals surface area contributed by atoms with Gasteiger partial charge in [0.15, 0.2) is 5.65 Å². The van der Waals surface area contributed by atoms with E-state index in [0.29, 0.717) is 26.8 Å². The van der Waals surface area contributed by atoms with Crippen LogP contribution in [0.15, 0.2) is 83.8 Å². The summed E-state index contributed by atoms with van der Waals surface area (Å²) in [5.41, 5.74) is 3.73. The van der Waals surface area contributed by atoms with Gasteiger partial charge in [-0.3, -0.25) is 0 Å². The first kappa shape index (κ1) is 23.0. The molecule has 0 amide bonds. The van der Waals surface area contributed by atoms with Gasteiger partial charge in [0.2, 0.25) is 0 Å². The predicted molar refractivity (Wildman–Crippen MR) is 130 cm³/mol. The topological polar surface area (TPSA) is 61.4 Å². The second-order valence-corrected chi connectivity index (χ2v) is 8.52. The third-order valence-corrected chi connectivity index (χ3v) is 5.89. The van der Waals surface area contributed by atoms with Gasteiger partial charge in [-0.1, -0.05) is 59.6 Å². The minimum atomic E-state index is -2.91. The van der Waals surface area contributed by atoms with Gasteiger partial charge < -0.3 is 4.74 Å². The number of ether oxygens (including phenoxy) is 1. The number of benzene rings is 3. The number of halogens is 4. The first-order chi connectivity index (χ1) is 16.9. The van der Waals surface area contributed by atoms with Crippen LogP contribution >= 0.6 is 23.2 Å². The van der Waals surface area contributed by atoms with Crippen LogP contribution < -0.4 is 10.4 Å². The predicted octanol–water partition coefficient (Wildman–Crippen LogP) is 6.18. The Labute approximate surface area is 207 Å². The summed E-state index contributed by atoms with van der Waals surface area (Å²) in [6.45, 7) is -2.79. The van der Waals surface area contributed by atoms with Crippen molar-refractivity contribution < 1.29 is 13.5 Å². The molecule has 176 valence electrons. The fourth-order valence-electron chi connectivity index (χ4n) is 3.76. The zero-order valence-corrected chi connectivity index (χ0v) is 19.4. The van der Waals surface area contributed by atoms with Crippen LogP contribution in [-0.4, -0.2) is 26.0 Å². The molecule has 0 spiro atoms. The molecule has 0 bridgehead atoms. The lowest BCUT2D eigenvalue weighted by atomic mass is 9.97. The van der Waals surface area contributed by atoms with Gasteiger partial charge >= 0.3 is 12.3 Å². The van der Waals surface area contributed by atoms with Crippen LogP contribution in [0, 0.1) is 0 Å². The highest BCUT2D eigenvalue weighted by Gasteiger charge is 2.19. The molecule has 0 N–H and O–H groups in total. The van der Waals surface area contributed by atoms with Crippen LogP contribution in [0.25, 0.3) is 27.9 Å². The second kappa shape index (κ2) is 9.48. The standard InChI is InChI=1S/C25H16Cl2F2N4O2/c26-18-7-3-16(4-8-18)21-13-30-33-23(22(21)17-5-9-19(27)10-6-17)31-32(25(33)34)14-15-1-11-20(12-2-15)35-24(28)29/h1-13,24H,14H2. The van der Waals surface area contributed by atoms with Crippen molar-refractivity contribution in [2.24, 2.45) is 0 Å². The SMILES string of the molecule is O=c1n(Cc2ccc(OC(F)F)cc2)nc2c(-c3ccc(Cl)cc3)c(-c3ccc(Cl)cc3)cnn12. The molecule has 10 heteroatoms. The third kappa shape index (κ3) is 4.76. The van der Waals surface area contributed by atoms with Crippen LogP contribution in [0.5, 0.6) is 5.75 Å². The highest BCUT2D eigenvalue weighted by molar-refractivity contribution is 6.31. The summed E-state index contributed by atoms with van der Waals surface area (Å²) in [4.78, 5) is 13.1. The van der Waals surface area contributed by atoms with E-state index in [2.05, 4.69) is 14.9 Å². The Morgan fingerprint density at radius 3 is 2.06 bits per heavy atom. The van der Waals surface area contributed by atoms with E-state index in [4.69, 9.17) is 23.2 Å². The van der Waals surface area contributed by atoms with E-state index in [9.17, 15) is 13.6 Å². The maximum absolute atomic E-state index is 13.1. The Balaban J connectivity index is 1.63. The van der Waals surface area contributed by atoms with E-state index in [-0.39, 0.29) is 12.3 Å². The van der Waals surface area contributed by atoms with Gasteiger partial charge in [-0.2, -0.15) is 18.4 Å². The molecule has 0 radical (unpaired) electrons. The summed E-state index contributed by atoms with van der Waals surface area (Å²) in [7, 11) is 0. The average molecular weight is 513 g/mol. The molecule has 5 aromatic rings. The third-order valence-electron chi connectivity index (χ3n) is 5.38. The summed E-state index contributed by atoms with van der Waals surface area (Å²) in [5.74, 6) is 0.0328. The molecule has 2 heterocycles. The Kier molecular flexibility index (Phi) is 6.23. The smallest absolute Gasteiger partial charge is 0.387 e. The molecule has 3 aromatic carbocycles. The number of rotatable bonds is 6. The number of alkyl halides is 2. The van der Waals surface area contributed by atoms with E-state index in [0.717, 1.165) is 16.7 Å².